The lowest BCUT2D eigenvalue weighted by Gasteiger charge is -2.46. The molecule has 3 saturated heterocycles. The Balaban J connectivity index is 1.58. The zero-order valence-corrected chi connectivity index (χ0v) is 28.2. The van der Waals surface area contributed by atoms with Gasteiger partial charge >= 0.3 is 0 Å². The van der Waals surface area contributed by atoms with Gasteiger partial charge in [0.15, 0.2) is 18.9 Å². The summed E-state index contributed by atoms with van der Waals surface area (Å²) < 4.78 is 34.4. The molecule has 14 nitrogen and oxygen atoms in total. The molecule has 0 unspecified atom stereocenters. The average molecular weight is 677 g/mol. The summed E-state index contributed by atoms with van der Waals surface area (Å²) in [6.45, 7) is 14.4. The Hall–Kier alpha value is -1.34. The van der Waals surface area contributed by atoms with Gasteiger partial charge in [0, 0.05) is 0 Å². The van der Waals surface area contributed by atoms with Crippen LogP contribution in [0, 0.1) is 0 Å². The first-order chi connectivity index (χ1) is 22.0. The van der Waals surface area contributed by atoms with Crippen molar-refractivity contribution in [1.82, 2.24) is 0 Å². The van der Waals surface area contributed by atoms with E-state index >= 15 is 0 Å². The fourth-order valence-corrected chi connectivity index (χ4v) is 5.72. The molecule has 16 atom stereocenters. The largest absolute Gasteiger partial charge is 0.388 e. The summed E-state index contributed by atoms with van der Waals surface area (Å²) in [5.41, 5.74) is 1.55. The fourth-order valence-electron chi connectivity index (χ4n) is 5.72. The lowest BCUT2D eigenvalue weighted by molar-refractivity contribution is -0.360. The molecule has 3 rings (SSSR count). The smallest absolute Gasteiger partial charge is 0.187 e. The third-order valence-corrected chi connectivity index (χ3v) is 9.01. The monoisotopic (exact) mass is 676 g/mol. The highest BCUT2D eigenvalue weighted by molar-refractivity contribution is 5.04. The minimum absolute atomic E-state index is 0.429. The molecule has 0 aliphatic carbocycles. The molecule has 0 bridgehead atoms. The second-order valence-electron chi connectivity index (χ2n) is 13.4. The molecule has 3 fully saturated rings. The molecule has 0 aromatic rings. The van der Waals surface area contributed by atoms with Crippen molar-refractivity contribution in [1.29, 1.82) is 0 Å². The molecule has 0 aromatic heterocycles. The van der Waals surface area contributed by atoms with Crippen LogP contribution in [0.25, 0.3) is 0 Å². The van der Waals surface area contributed by atoms with Gasteiger partial charge in [0.05, 0.1) is 24.4 Å². The first-order valence-corrected chi connectivity index (χ1v) is 16.3. The van der Waals surface area contributed by atoms with Gasteiger partial charge in [0.1, 0.15) is 61.0 Å². The third-order valence-electron chi connectivity index (χ3n) is 9.01. The fraction of sp³-hybridized carbons (Fsp3) is 0.818. The minimum atomic E-state index is -1.67. The van der Waals surface area contributed by atoms with Crippen molar-refractivity contribution >= 4 is 0 Å². The van der Waals surface area contributed by atoms with Gasteiger partial charge in [-0.1, -0.05) is 29.4 Å². The van der Waals surface area contributed by atoms with Gasteiger partial charge in [-0.2, -0.15) is 0 Å². The van der Waals surface area contributed by atoms with Crippen LogP contribution in [-0.2, 0) is 28.4 Å². The number of allylic oxidation sites excluding steroid dienone is 4. The molecule has 0 radical (unpaired) electrons. The van der Waals surface area contributed by atoms with Crippen LogP contribution in [-0.4, -0.2) is 145 Å². The summed E-state index contributed by atoms with van der Waals surface area (Å²) in [6, 6.07) is 0. The Morgan fingerprint density at radius 1 is 0.702 bits per heavy atom. The van der Waals surface area contributed by atoms with Crippen LogP contribution in [0.2, 0.25) is 0 Å². The SMILES string of the molecule is C=C[C@](C)(CC/C=C(/C)CCC=C(C)C)O[C@@H]1O[C@H](CO[C@@H]2O[C@@H](C)[C@H](O[C@@H]3O[C@@H](C)[C@H](O)[C@@H](O)[C@H]3O)[C@@H](O)[C@H]2O)[C@@H](O)[C@H](O)[C@H]1O. The van der Waals surface area contributed by atoms with Crippen LogP contribution in [0.5, 0.6) is 0 Å². The molecule has 3 heterocycles. The normalized spacial score (nSPS) is 42.9. The number of aliphatic hydroxyl groups excluding tert-OH is 8. The van der Waals surface area contributed by atoms with Gasteiger partial charge in [0.2, 0.25) is 0 Å². The van der Waals surface area contributed by atoms with E-state index in [9.17, 15) is 40.9 Å². The van der Waals surface area contributed by atoms with E-state index in [0.717, 1.165) is 12.8 Å². The summed E-state index contributed by atoms with van der Waals surface area (Å²) in [6.07, 6.45) is -12.1. The van der Waals surface area contributed by atoms with Crippen molar-refractivity contribution in [2.75, 3.05) is 6.61 Å². The molecule has 272 valence electrons. The molecule has 47 heavy (non-hydrogen) atoms. The van der Waals surface area contributed by atoms with E-state index in [4.69, 9.17) is 28.4 Å². The van der Waals surface area contributed by atoms with Crippen molar-refractivity contribution in [2.45, 2.75) is 165 Å². The summed E-state index contributed by atoms with van der Waals surface area (Å²) in [5.74, 6) is 0. The highest BCUT2D eigenvalue weighted by Gasteiger charge is 2.51. The van der Waals surface area contributed by atoms with E-state index in [1.807, 2.05) is 0 Å². The van der Waals surface area contributed by atoms with Crippen molar-refractivity contribution in [3.05, 3.63) is 36.0 Å². The maximum Gasteiger partial charge on any atom is 0.187 e. The van der Waals surface area contributed by atoms with Gasteiger partial charge in [-0.25, -0.2) is 0 Å². The van der Waals surface area contributed by atoms with E-state index in [-0.39, 0.29) is 0 Å². The molecular formula is C33H56O14. The first-order valence-electron chi connectivity index (χ1n) is 16.3. The van der Waals surface area contributed by atoms with Crippen molar-refractivity contribution in [3.8, 4) is 0 Å². The average Bonchev–Trinajstić information content (AvgIpc) is 3.02. The number of hydrogen-bond acceptors (Lipinski definition) is 14. The molecule has 0 aromatic carbocycles. The molecule has 14 heteroatoms. The van der Waals surface area contributed by atoms with Gasteiger partial charge in [-0.05, 0) is 67.2 Å². The van der Waals surface area contributed by atoms with Gasteiger partial charge in [-0.3, -0.25) is 0 Å². The highest BCUT2D eigenvalue weighted by Crippen LogP contribution is 2.32. The summed E-state index contributed by atoms with van der Waals surface area (Å²) in [4.78, 5) is 0. The van der Waals surface area contributed by atoms with E-state index in [2.05, 4.69) is 39.5 Å². The van der Waals surface area contributed by atoms with Crippen LogP contribution in [0.15, 0.2) is 36.0 Å². The van der Waals surface area contributed by atoms with Crippen LogP contribution in [0.1, 0.15) is 67.2 Å². The second kappa shape index (κ2) is 17.5. The first kappa shape index (κ1) is 40.1. The second-order valence-corrected chi connectivity index (χ2v) is 13.4. The number of aliphatic hydroxyl groups is 8. The van der Waals surface area contributed by atoms with Crippen LogP contribution in [0.4, 0.5) is 0 Å². The van der Waals surface area contributed by atoms with E-state index in [0.29, 0.717) is 12.8 Å². The van der Waals surface area contributed by atoms with Crippen LogP contribution < -0.4 is 0 Å². The van der Waals surface area contributed by atoms with E-state index < -0.39 is 104 Å². The standard InChI is InChI=1S/C33H56O14/c1-8-33(7,14-10-13-17(4)12-9-11-16(2)3)47-32-27(40)24(37)22(35)20(45-32)15-42-30-28(41)25(38)29(19(6)44-30)46-31-26(39)23(36)21(34)18(5)43-31/h8,11,13,18-32,34-41H,1,9-10,12,14-15H2,2-7H3/b17-13-/t18-,19-,20+,21-,22+,23+,24-,25-,26+,27+,28+,29-,30+,31-,32-,33+/m0/s1. The van der Waals surface area contributed by atoms with E-state index in [1.165, 1.54) is 25.0 Å². The molecule has 0 amide bonds. The zero-order chi connectivity index (χ0) is 35.2. The summed E-state index contributed by atoms with van der Waals surface area (Å²) >= 11 is 0. The van der Waals surface area contributed by atoms with Crippen molar-refractivity contribution in [3.63, 3.8) is 0 Å². The lowest BCUT2D eigenvalue weighted by atomic mass is 9.96. The maximum absolute atomic E-state index is 10.8. The van der Waals surface area contributed by atoms with Crippen molar-refractivity contribution in [2.24, 2.45) is 0 Å². The summed E-state index contributed by atoms with van der Waals surface area (Å²) in [5, 5.41) is 83.8. The van der Waals surface area contributed by atoms with Crippen molar-refractivity contribution < 1.29 is 69.3 Å². The molecule has 3 aliphatic rings. The van der Waals surface area contributed by atoms with Gasteiger partial charge < -0.3 is 69.3 Å². The zero-order valence-electron chi connectivity index (χ0n) is 28.2. The van der Waals surface area contributed by atoms with Crippen LogP contribution in [0.3, 0.4) is 0 Å². The quantitative estimate of drug-likeness (QED) is 0.113. The van der Waals surface area contributed by atoms with E-state index in [1.54, 1.807) is 13.0 Å². The molecule has 3 aliphatic heterocycles. The van der Waals surface area contributed by atoms with Gasteiger partial charge in [0.25, 0.3) is 0 Å². The van der Waals surface area contributed by atoms with Crippen LogP contribution >= 0.6 is 0 Å². The predicted molar refractivity (Wildman–Crippen MR) is 168 cm³/mol. The Bertz CT molecular complexity index is 1050. The highest BCUT2D eigenvalue weighted by atomic mass is 16.8. The molecular weight excluding hydrogens is 620 g/mol. The Morgan fingerprint density at radius 3 is 1.94 bits per heavy atom. The number of ether oxygens (including phenoxy) is 6. The lowest BCUT2D eigenvalue weighted by Crippen LogP contribution is -2.63. The molecule has 0 spiro atoms. The number of rotatable bonds is 14. The minimum Gasteiger partial charge on any atom is -0.388 e. The maximum atomic E-state index is 10.8. The Kier molecular flexibility index (Phi) is 15.0. The topological polar surface area (TPSA) is 217 Å². The molecule has 0 saturated carbocycles. The summed E-state index contributed by atoms with van der Waals surface area (Å²) in [7, 11) is 0. The Labute approximate surface area is 276 Å². The predicted octanol–water partition coefficient (Wildman–Crippen LogP) is -0.0759. The molecule has 8 N–H and O–H groups in total. The third kappa shape index (κ3) is 10.3. The number of hydrogen-bond donors (Lipinski definition) is 8. The Morgan fingerprint density at radius 2 is 1.30 bits per heavy atom. The van der Waals surface area contributed by atoms with Gasteiger partial charge in [-0.15, -0.1) is 6.58 Å².